The van der Waals surface area contributed by atoms with Gasteiger partial charge in [-0.3, -0.25) is 15.0 Å². The number of amides is 3. The van der Waals surface area contributed by atoms with Crippen molar-refractivity contribution in [1.29, 1.82) is 0 Å². The number of nitrogens with two attached hydrogens (primary N) is 1. The molecule has 126 valence electrons. The number of urea groups is 1. The Labute approximate surface area is 150 Å². The van der Waals surface area contributed by atoms with E-state index in [2.05, 4.69) is 5.32 Å². The van der Waals surface area contributed by atoms with Crippen molar-refractivity contribution < 1.29 is 9.59 Å². The zero-order valence-electron chi connectivity index (χ0n) is 13.0. The summed E-state index contributed by atoms with van der Waals surface area (Å²) in [4.78, 5) is 25.3. The molecule has 0 aliphatic heterocycles. The smallest absolute Gasteiger partial charge is 0.318 e. The zero-order valence-corrected chi connectivity index (χ0v) is 14.5. The number of hydrogen-bond donors (Lipinski definition) is 2. The molecule has 0 aliphatic rings. The van der Waals surface area contributed by atoms with Gasteiger partial charge in [-0.05, 0) is 30.3 Å². The van der Waals surface area contributed by atoms with Crippen LogP contribution in [-0.2, 0) is 11.3 Å². The standard InChI is InChI=1S/C17H17Cl2N3O2/c1-22(10-12-7-8-13(18)9-14(12)19)15(16(23)21-17(20)24)11-5-3-2-4-6-11/h2-9,15H,10H2,1H3,(H3,20,21,23,24). The summed E-state index contributed by atoms with van der Waals surface area (Å²) >= 11 is 12.1. The van der Waals surface area contributed by atoms with Crippen molar-refractivity contribution in [1.82, 2.24) is 10.2 Å². The average Bonchev–Trinajstić information content (AvgIpc) is 2.50. The molecule has 1 atom stereocenters. The average molecular weight is 366 g/mol. The highest BCUT2D eigenvalue weighted by molar-refractivity contribution is 6.35. The molecule has 2 aromatic rings. The van der Waals surface area contributed by atoms with Crippen molar-refractivity contribution in [3.8, 4) is 0 Å². The number of rotatable bonds is 5. The number of likely N-dealkylation sites (N-methyl/N-ethyl adjacent to an activating group) is 1. The van der Waals surface area contributed by atoms with Crippen LogP contribution in [0.2, 0.25) is 10.0 Å². The molecule has 0 aromatic heterocycles. The summed E-state index contributed by atoms with van der Waals surface area (Å²) in [6.07, 6.45) is 0. The van der Waals surface area contributed by atoms with Crippen LogP contribution < -0.4 is 11.1 Å². The van der Waals surface area contributed by atoms with Crippen LogP contribution in [0.1, 0.15) is 17.2 Å². The highest BCUT2D eigenvalue weighted by Crippen LogP contribution is 2.26. The van der Waals surface area contributed by atoms with E-state index in [0.29, 0.717) is 16.6 Å². The maximum absolute atomic E-state index is 12.4. The zero-order chi connectivity index (χ0) is 17.7. The fraction of sp³-hybridized carbons (Fsp3) is 0.176. The predicted octanol–water partition coefficient (Wildman–Crippen LogP) is 3.36. The van der Waals surface area contributed by atoms with E-state index < -0.39 is 18.0 Å². The highest BCUT2D eigenvalue weighted by Gasteiger charge is 2.26. The number of halogens is 2. The summed E-state index contributed by atoms with van der Waals surface area (Å²) < 4.78 is 0. The van der Waals surface area contributed by atoms with Crippen LogP contribution >= 0.6 is 23.2 Å². The predicted molar refractivity (Wildman–Crippen MR) is 94.8 cm³/mol. The Bertz CT molecular complexity index is 738. The molecule has 0 radical (unpaired) electrons. The van der Waals surface area contributed by atoms with Gasteiger partial charge in [0.15, 0.2) is 0 Å². The number of imide groups is 1. The van der Waals surface area contributed by atoms with E-state index in [9.17, 15) is 9.59 Å². The van der Waals surface area contributed by atoms with Gasteiger partial charge in [-0.1, -0.05) is 59.6 Å². The summed E-state index contributed by atoms with van der Waals surface area (Å²) in [5, 5.41) is 3.19. The van der Waals surface area contributed by atoms with Gasteiger partial charge in [0.2, 0.25) is 5.91 Å². The Morgan fingerprint density at radius 3 is 2.42 bits per heavy atom. The van der Waals surface area contributed by atoms with Gasteiger partial charge in [0.1, 0.15) is 6.04 Å². The molecule has 2 aromatic carbocycles. The summed E-state index contributed by atoms with van der Waals surface area (Å²) in [6.45, 7) is 0.391. The lowest BCUT2D eigenvalue weighted by atomic mass is 10.0. The van der Waals surface area contributed by atoms with Crippen molar-refractivity contribution in [3.05, 3.63) is 69.7 Å². The number of carbonyl (C=O) groups excluding carboxylic acids is 2. The van der Waals surface area contributed by atoms with Crippen molar-refractivity contribution in [3.63, 3.8) is 0 Å². The first kappa shape index (κ1) is 18.3. The van der Waals surface area contributed by atoms with Crippen molar-refractivity contribution in [2.45, 2.75) is 12.6 Å². The molecule has 24 heavy (non-hydrogen) atoms. The molecule has 2 rings (SSSR count). The Morgan fingerprint density at radius 1 is 1.17 bits per heavy atom. The van der Waals surface area contributed by atoms with E-state index in [0.717, 1.165) is 11.1 Å². The number of nitrogens with zero attached hydrogens (tertiary/aromatic N) is 1. The van der Waals surface area contributed by atoms with E-state index in [1.807, 2.05) is 30.3 Å². The van der Waals surface area contributed by atoms with Gasteiger partial charge in [0.05, 0.1) is 0 Å². The third kappa shape index (κ3) is 4.71. The third-order valence-corrected chi connectivity index (χ3v) is 4.07. The van der Waals surface area contributed by atoms with Gasteiger partial charge in [-0.15, -0.1) is 0 Å². The number of hydrogen-bond acceptors (Lipinski definition) is 3. The molecular weight excluding hydrogens is 349 g/mol. The number of benzene rings is 2. The molecule has 3 N–H and O–H groups in total. The van der Waals surface area contributed by atoms with Crippen LogP contribution in [0.4, 0.5) is 4.79 Å². The molecule has 0 bridgehead atoms. The monoisotopic (exact) mass is 365 g/mol. The van der Waals surface area contributed by atoms with E-state index in [-0.39, 0.29) is 0 Å². The van der Waals surface area contributed by atoms with Gasteiger partial charge in [0.25, 0.3) is 0 Å². The minimum Gasteiger partial charge on any atom is -0.351 e. The first-order valence-corrected chi connectivity index (χ1v) is 7.93. The van der Waals surface area contributed by atoms with Crippen LogP contribution in [0.15, 0.2) is 48.5 Å². The Morgan fingerprint density at radius 2 is 1.83 bits per heavy atom. The van der Waals surface area contributed by atoms with Crippen molar-refractivity contribution in [2.75, 3.05) is 7.05 Å². The second-order valence-electron chi connectivity index (χ2n) is 5.32. The summed E-state index contributed by atoms with van der Waals surface area (Å²) in [5.74, 6) is -0.499. The molecule has 0 fully saturated rings. The molecule has 0 spiro atoms. The lowest BCUT2D eigenvalue weighted by Gasteiger charge is -2.27. The summed E-state index contributed by atoms with van der Waals surface area (Å²) in [6, 6.07) is 12.7. The maximum atomic E-state index is 12.4. The molecule has 0 saturated carbocycles. The summed E-state index contributed by atoms with van der Waals surface area (Å²) in [7, 11) is 1.77. The van der Waals surface area contributed by atoms with E-state index in [4.69, 9.17) is 28.9 Å². The number of carbonyl (C=O) groups is 2. The maximum Gasteiger partial charge on any atom is 0.318 e. The molecular formula is C17H17Cl2N3O2. The van der Waals surface area contributed by atoms with Gasteiger partial charge in [-0.25, -0.2) is 4.79 Å². The lowest BCUT2D eigenvalue weighted by molar-refractivity contribution is -0.125. The quantitative estimate of drug-likeness (QED) is 0.852. The molecule has 0 aliphatic carbocycles. The van der Waals surface area contributed by atoms with Crippen LogP contribution in [0.25, 0.3) is 0 Å². The van der Waals surface area contributed by atoms with Gasteiger partial charge in [-0.2, -0.15) is 0 Å². The van der Waals surface area contributed by atoms with Crippen LogP contribution in [0.5, 0.6) is 0 Å². The Hall–Kier alpha value is -2.08. The van der Waals surface area contributed by atoms with Crippen LogP contribution in [0, 0.1) is 0 Å². The molecule has 0 saturated heterocycles. The molecule has 3 amide bonds. The SMILES string of the molecule is CN(Cc1ccc(Cl)cc1Cl)C(C(=O)NC(N)=O)c1ccccc1. The normalized spacial score (nSPS) is 12.0. The fourth-order valence-electron chi connectivity index (χ4n) is 2.44. The van der Waals surface area contributed by atoms with Gasteiger partial charge < -0.3 is 5.73 Å². The molecule has 7 heteroatoms. The van der Waals surface area contributed by atoms with Gasteiger partial charge in [0, 0.05) is 16.6 Å². The van der Waals surface area contributed by atoms with Crippen LogP contribution in [-0.4, -0.2) is 23.9 Å². The molecule has 5 nitrogen and oxygen atoms in total. The highest BCUT2D eigenvalue weighted by atomic mass is 35.5. The first-order chi connectivity index (χ1) is 11.4. The minimum absolute atomic E-state index is 0.391. The number of nitrogens with one attached hydrogen (secondary N) is 1. The van der Waals surface area contributed by atoms with Crippen LogP contribution in [0.3, 0.4) is 0 Å². The Kier molecular flexibility index (Phi) is 6.20. The molecule has 1 unspecified atom stereocenters. The minimum atomic E-state index is -0.890. The van der Waals surface area contributed by atoms with E-state index in [1.54, 1.807) is 30.1 Å². The molecule has 0 heterocycles. The van der Waals surface area contributed by atoms with E-state index >= 15 is 0 Å². The topological polar surface area (TPSA) is 75.4 Å². The van der Waals surface area contributed by atoms with Gasteiger partial charge >= 0.3 is 6.03 Å². The lowest BCUT2D eigenvalue weighted by Crippen LogP contribution is -2.43. The second kappa shape index (κ2) is 8.15. The first-order valence-electron chi connectivity index (χ1n) is 7.18. The third-order valence-electron chi connectivity index (χ3n) is 3.49. The fourth-order valence-corrected chi connectivity index (χ4v) is 2.91. The summed E-state index contributed by atoms with van der Waals surface area (Å²) in [5.41, 5.74) is 6.63. The van der Waals surface area contributed by atoms with Crippen molar-refractivity contribution >= 4 is 35.1 Å². The number of primary amides is 1. The van der Waals surface area contributed by atoms with E-state index in [1.165, 1.54) is 0 Å². The second-order valence-corrected chi connectivity index (χ2v) is 6.16. The largest absolute Gasteiger partial charge is 0.351 e. The van der Waals surface area contributed by atoms with Crippen molar-refractivity contribution in [2.24, 2.45) is 5.73 Å². The Balaban J connectivity index is 2.28.